The average Bonchev–Trinajstić information content (AvgIpc) is 3.58. The van der Waals surface area contributed by atoms with Gasteiger partial charge in [0.15, 0.2) is 25.2 Å². The predicted octanol–water partition coefficient (Wildman–Crippen LogP) is 1.68. The fourth-order valence-electron chi connectivity index (χ4n) is 13.9. The van der Waals surface area contributed by atoms with Gasteiger partial charge in [0.2, 0.25) is 0 Å². The van der Waals surface area contributed by atoms with Crippen molar-refractivity contribution in [1.29, 1.82) is 0 Å². The molecule has 0 bridgehead atoms. The third-order valence-corrected chi connectivity index (χ3v) is 18.0. The summed E-state index contributed by atoms with van der Waals surface area (Å²) in [6, 6.07) is 0. The summed E-state index contributed by atoms with van der Waals surface area (Å²) in [5.41, 5.74) is -1.38. The van der Waals surface area contributed by atoms with Gasteiger partial charge in [0.05, 0.1) is 54.9 Å². The van der Waals surface area contributed by atoms with E-state index >= 15 is 0 Å². The maximum absolute atomic E-state index is 12.8. The Morgan fingerprint density at radius 3 is 1.92 bits per heavy atom. The third kappa shape index (κ3) is 9.12. The van der Waals surface area contributed by atoms with E-state index in [2.05, 4.69) is 26.0 Å². The molecule has 0 aromatic heterocycles. The lowest BCUT2D eigenvalue weighted by Gasteiger charge is -2.60. The molecule has 66 heavy (non-hydrogen) atoms. The topological polar surface area (TPSA) is 243 Å². The molecular weight excluding hydrogens is 865 g/mol. The van der Waals surface area contributed by atoms with Crippen LogP contribution in [-0.4, -0.2) is 192 Å². The van der Waals surface area contributed by atoms with Crippen molar-refractivity contribution in [3.05, 3.63) is 12.2 Å². The van der Waals surface area contributed by atoms with E-state index in [1.165, 1.54) is 14.2 Å². The Morgan fingerprint density at radius 1 is 0.621 bits per heavy atom. The molecule has 7 N–H and O–H groups in total. The van der Waals surface area contributed by atoms with Crippen LogP contribution in [0.25, 0.3) is 0 Å². The number of fused-ring (bicyclic) bond motifs is 5. The lowest BCUT2D eigenvalue weighted by atomic mass is 9.46. The Balaban J connectivity index is 0.861. The van der Waals surface area contributed by atoms with Crippen molar-refractivity contribution in [2.45, 2.75) is 228 Å². The van der Waals surface area contributed by atoms with E-state index in [9.17, 15) is 35.7 Å². The lowest BCUT2D eigenvalue weighted by Crippen LogP contribution is -2.62. The molecule has 380 valence electrons. The first-order chi connectivity index (χ1) is 31.3. The maximum atomic E-state index is 12.8. The maximum Gasteiger partial charge on any atom is 0.187 e. The zero-order valence-electron chi connectivity index (χ0n) is 40.2. The summed E-state index contributed by atoms with van der Waals surface area (Å²) in [4.78, 5) is 0. The summed E-state index contributed by atoms with van der Waals surface area (Å²) in [6.45, 7) is 11.6. The molecule has 0 radical (unpaired) electrons. The fraction of sp³-hybridized carbons (Fsp3) is 0.958. The van der Waals surface area contributed by atoms with Crippen molar-refractivity contribution >= 4 is 0 Å². The molecule has 8 rings (SSSR count). The van der Waals surface area contributed by atoms with Crippen molar-refractivity contribution in [2.24, 2.45) is 34.5 Å². The van der Waals surface area contributed by atoms with Gasteiger partial charge in [0.1, 0.15) is 54.9 Å². The Labute approximate surface area is 389 Å². The van der Waals surface area contributed by atoms with Crippen LogP contribution in [0.2, 0.25) is 0 Å². The molecule has 0 aromatic rings. The first-order valence-corrected chi connectivity index (χ1v) is 24.6. The normalized spacial score (nSPS) is 54.6. The van der Waals surface area contributed by atoms with Crippen molar-refractivity contribution in [3.63, 3.8) is 0 Å². The molecule has 0 amide bonds. The minimum atomic E-state index is -1.58. The number of hydrogen-bond donors (Lipinski definition) is 7. The Bertz CT molecular complexity index is 1640. The summed E-state index contributed by atoms with van der Waals surface area (Å²) in [5.74, 6) is 1.39. The lowest BCUT2D eigenvalue weighted by molar-refractivity contribution is -0.354. The van der Waals surface area contributed by atoms with Gasteiger partial charge >= 0.3 is 0 Å². The van der Waals surface area contributed by atoms with Crippen LogP contribution in [0.15, 0.2) is 12.2 Å². The summed E-state index contributed by atoms with van der Waals surface area (Å²) in [6.07, 6.45) is -5.16. The molecule has 27 atom stereocenters. The number of ether oxygens (including phenoxy) is 11. The summed E-state index contributed by atoms with van der Waals surface area (Å²) in [5, 5.41) is 75.0. The minimum absolute atomic E-state index is 0.0720. The van der Waals surface area contributed by atoms with Gasteiger partial charge in [0.25, 0.3) is 0 Å². The average molecular weight is 945 g/mol. The van der Waals surface area contributed by atoms with Crippen LogP contribution in [0.5, 0.6) is 0 Å². The number of hydrogen-bond acceptors (Lipinski definition) is 18. The van der Waals surface area contributed by atoms with Gasteiger partial charge in [-0.2, -0.15) is 0 Å². The molecule has 4 aliphatic carbocycles. The standard InChI is InChI=1S/C48H80O18/c1-22-36(50)43(58-9)40(54)45(61-22)63-27-12-15-46(5)26(18-27)10-11-28-29(46)13-16-47(6)30(28)14-17-48(47,55)25(4)62-34-19-31(56-7)41(23(2)59-34)65-35-20-32(57-8)42(24(3)60-35)66-44-39(53)38(52)37(51)33(21-49)64-44/h10-11,22-45,49-55H,12-21H2,1-9H3. The Morgan fingerprint density at radius 2 is 1.26 bits per heavy atom. The first kappa shape index (κ1) is 51.4. The summed E-state index contributed by atoms with van der Waals surface area (Å²) >= 11 is 0. The number of aliphatic hydroxyl groups is 7. The van der Waals surface area contributed by atoms with E-state index in [0.29, 0.717) is 30.6 Å². The zero-order chi connectivity index (χ0) is 47.6. The monoisotopic (exact) mass is 945 g/mol. The highest BCUT2D eigenvalue weighted by molar-refractivity contribution is 5.21. The third-order valence-electron chi connectivity index (χ3n) is 18.0. The smallest absolute Gasteiger partial charge is 0.187 e. The van der Waals surface area contributed by atoms with E-state index in [1.807, 2.05) is 13.8 Å². The largest absolute Gasteiger partial charge is 0.394 e. The predicted molar refractivity (Wildman–Crippen MR) is 232 cm³/mol. The van der Waals surface area contributed by atoms with Gasteiger partial charge in [0, 0.05) is 39.6 Å². The number of allylic oxidation sites excluding steroid dienone is 2. The molecular formula is C48H80O18. The van der Waals surface area contributed by atoms with Crippen LogP contribution < -0.4 is 0 Å². The molecule has 8 aliphatic rings. The molecule has 3 saturated carbocycles. The second-order valence-electron chi connectivity index (χ2n) is 21.4. The van der Waals surface area contributed by atoms with Gasteiger partial charge in [-0.05, 0) is 102 Å². The summed E-state index contributed by atoms with van der Waals surface area (Å²) < 4.78 is 67.3. The molecule has 27 unspecified atom stereocenters. The molecule has 4 aliphatic heterocycles. The number of aliphatic hydroxyl groups excluding tert-OH is 6. The highest BCUT2D eigenvalue weighted by Crippen LogP contribution is 2.67. The van der Waals surface area contributed by atoms with Gasteiger partial charge in [-0.1, -0.05) is 26.0 Å². The highest BCUT2D eigenvalue weighted by Gasteiger charge is 2.66. The zero-order valence-corrected chi connectivity index (χ0v) is 40.2. The van der Waals surface area contributed by atoms with Crippen molar-refractivity contribution in [1.82, 2.24) is 0 Å². The fourth-order valence-corrected chi connectivity index (χ4v) is 13.9. The minimum Gasteiger partial charge on any atom is -0.394 e. The SMILES string of the molecule is COC1CC(OC(C)C2(O)CCC3C4C=CC5CC(OC6OC(C)C(O)C(OC)C6O)CCC5(C)C4CCC32C)OC(C)C1OC1CC(OC)C(OC2OC(CO)C(O)C(O)C2O)C(C)O1. The molecule has 18 heteroatoms. The molecule has 18 nitrogen and oxygen atoms in total. The summed E-state index contributed by atoms with van der Waals surface area (Å²) in [7, 11) is 4.64. The first-order valence-electron chi connectivity index (χ1n) is 24.6. The molecule has 0 aromatic carbocycles. The van der Waals surface area contributed by atoms with E-state index in [1.54, 1.807) is 21.0 Å². The molecule has 0 spiro atoms. The second kappa shape index (κ2) is 20.3. The molecule has 7 fully saturated rings. The van der Waals surface area contributed by atoms with Crippen LogP contribution in [-0.2, 0) is 52.1 Å². The van der Waals surface area contributed by atoms with Crippen LogP contribution in [0.3, 0.4) is 0 Å². The van der Waals surface area contributed by atoms with Crippen molar-refractivity contribution in [3.8, 4) is 0 Å². The Hall–Kier alpha value is -0.980. The quantitative estimate of drug-likeness (QED) is 0.130. The van der Waals surface area contributed by atoms with Crippen LogP contribution in [0, 0.1) is 34.5 Å². The van der Waals surface area contributed by atoms with Gasteiger partial charge in [-0.25, -0.2) is 0 Å². The van der Waals surface area contributed by atoms with Gasteiger partial charge < -0.3 is 87.9 Å². The number of rotatable bonds is 13. The van der Waals surface area contributed by atoms with Gasteiger partial charge in [-0.3, -0.25) is 0 Å². The van der Waals surface area contributed by atoms with Gasteiger partial charge in [-0.15, -0.1) is 0 Å². The molecule has 4 heterocycles. The van der Waals surface area contributed by atoms with E-state index in [4.69, 9.17) is 52.1 Å². The second-order valence-corrected chi connectivity index (χ2v) is 21.4. The van der Waals surface area contributed by atoms with E-state index in [-0.39, 0.29) is 29.3 Å². The van der Waals surface area contributed by atoms with Crippen LogP contribution in [0.4, 0.5) is 0 Å². The van der Waals surface area contributed by atoms with Crippen LogP contribution >= 0.6 is 0 Å². The highest BCUT2D eigenvalue weighted by atomic mass is 16.8. The number of methoxy groups -OCH3 is 3. The van der Waals surface area contributed by atoms with Crippen molar-refractivity contribution in [2.75, 3.05) is 27.9 Å². The van der Waals surface area contributed by atoms with E-state index in [0.717, 1.165) is 38.5 Å². The Kier molecular flexibility index (Phi) is 15.8. The van der Waals surface area contributed by atoms with E-state index < -0.39 is 129 Å². The van der Waals surface area contributed by atoms with Crippen molar-refractivity contribution < 1.29 is 87.9 Å². The molecule has 4 saturated heterocycles. The van der Waals surface area contributed by atoms with Crippen LogP contribution in [0.1, 0.15) is 99.3 Å².